The van der Waals surface area contributed by atoms with Crippen LogP contribution in [0.1, 0.15) is 32.6 Å². The van der Waals surface area contributed by atoms with E-state index >= 15 is 0 Å². The number of hydrogen-bond acceptors (Lipinski definition) is 3. The van der Waals surface area contributed by atoms with Crippen LogP contribution in [0.2, 0.25) is 0 Å². The van der Waals surface area contributed by atoms with E-state index in [0.29, 0.717) is 17.3 Å². The maximum absolute atomic E-state index is 9.11. The van der Waals surface area contributed by atoms with E-state index in [1.165, 1.54) is 25.7 Å². The van der Waals surface area contributed by atoms with Crippen LogP contribution in [0.15, 0.2) is 0 Å². The molecule has 0 saturated heterocycles. The minimum atomic E-state index is 0.280. The molecule has 0 aromatic carbocycles. The standard InChI is InChI=1S/C10H21NOS/c1-8(10(7-12)13-2)11-9-5-3-4-6-9/h8-12H,3-7H2,1-2H3. The van der Waals surface area contributed by atoms with Gasteiger partial charge < -0.3 is 10.4 Å². The zero-order valence-corrected chi connectivity index (χ0v) is 9.44. The van der Waals surface area contributed by atoms with Gasteiger partial charge in [0.2, 0.25) is 0 Å². The summed E-state index contributed by atoms with van der Waals surface area (Å²) in [6.45, 7) is 2.46. The Morgan fingerprint density at radius 1 is 1.46 bits per heavy atom. The Balaban J connectivity index is 2.25. The van der Waals surface area contributed by atoms with Gasteiger partial charge in [-0.3, -0.25) is 0 Å². The van der Waals surface area contributed by atoms with Crippen molar-refractivity contribution in [3.05, 3.63) is 0 Å². The Kier molecular flexibility index (Phi) is 5.14. The largest absolute Gasteiger partial charge is 0.395 e. The summed E-state index contributed by atoms with van der Waals surface area (Å²) in [4.78, 5) is 0. The van der Waals surface area contributed by atoms with E-state index in [1.807, 2.05) is 0 Å². The Labute approximate surface area is 85.5 Å². The van der Waals surface area contributed by atoms with E-state index in [1.54, 1.807) is 11.8 Å². The number of thioether (sulfide) groups is 1. The van der Waals surface area contributed by atoms with Gasteiger partial charge in [-0.15, -0.1) is 0 Å². The van der Waals surface area contributed by atoms with Gasteiger partial charge in [-0.25, -0.2) is 0 Å². The average molecular weight is 203 g/mol. The first-order chi connectivity index (χ1) is 6.27. The van der Waals surface area contributed by atoms with E-state index in [-0.39, 0.29) is 6.61 Å². The molecular weight excluding hydrogens is 182 g/mol. The highest BCUT2D eigenvalue weighted by molar-refractivity contribution is 7.99. The molecule has 1 fully saturated rings. The first kappa shape index (κ1) is 11.3. The predicted molar refractivity (Wildman–Crippen MR) is 59.2 cm³/mol. The fourth-order valence-electron chi connectivity index (χ4n) is 2.01. The second-order valence-corrected chi connectivity index (χ2v) is 4.97. The summed E-state index contributed by atoms with van der Waals surface area (Å²) in [5.74, 6) is 0. The maximum Gasteiger partial charge on any atom is 0.0564 e. The molecule has 2 unspecified atom stereocenters. The van der Waals surface area contributed by atoms with Crippen molar-refractivity contribution in [2.45, 2.75) is 49.9 Å². The van der Waals surface area contributed by atoms with Crippen LogP contribution in [-0.2, 0) is 0 Å². The van der Waals surface area contributed by atoms with E-state index < -0.39 is 0 Å². The van der Waals surface area contributed by atoms with Crippen LogP contribution in [0.4, 0.5) is 0 Å². The summed E-state index contributed by atoms with van der Waals surface area (Å²) in [5.41, 5.74) is 0. The van der Waals surface area contributed by atoms with Crippen LogP contribution < -0.4 is 5.32 Å². The summed E-state index contributed by atoms with van der Waals surface area (Å²) in [5, 5.41) is 13.1. The molecule has 0 radical (unpaired) electrons. The second kappa shape index (κ2) is 5.89. The first-order valence-electron chi connectivity index (χ1n) is 5.17. The van der Waals surface area contributed by atoms with Crippen molar-refractivity contribution in [2.24, 2.45) is 0 Å². The highest BCUT2D eigenvalue weighted by Gasteiger charge is 2.21. The molecule has 1 aliphatic carbocycles. The first-order valence-corrected chi connectivity index (χ1v) is 6.46. The molecular formula is C10H21NOS. The van der Waals surface area contributed by atoms with Crippen molar-refractivity contribution in [2.75, 3.05) is 12.9 Å². The molecule has 1 saturated carbocycles. The zero-order valence-electron chi connectivity index (χ0n) is 8.62. The van der Waals surface area contributed by atoms with E-state index in [9.17, 15) is 0 Å². The summed E-state index contributed by atoms with van der Waals surface area (Å²) in [6.07, 6.45) is 7.43. The monoisotopic (exact) mass is 203 g/mol. The van der Waals surface area contributed by atoms with Gasteiger partial charge in [0.25, 0.3) is 0 Å². The number of rotatable bonds is 5. The van der Waals surface area contributed by atoms with Gasteiger partial charge >= 0.3 is 0 Å². The summed E-state index contributed by atoms with van der Waals surface area (Å²) in [6, 6.07) is 1.14. The van der Waals surface area contributed by atoms with Crippen molar-refractivity contribution >= 4 is 11.8 Å². The van der Waals surface area contributed by atoms with Gasteiger partial charge in [0.05, 0.1) is 6.61 Å². The SMILES string of the molecule is CSC(CO)C(C)NC1CCCC1. The van der Waals surface area contributed by atoms with Crippen LogP contribution >= 0.6 is 11.8 Å². The highest BCUT2D eigenvalue weighted by atomic mass is 32.2. The third-order valence-corrected chi connectivity index (χ3v) is 4.06. The molecule has 1 aliphatic rings. The molecule has 0 spiro atoms. The summed E-state index contributed by atoms with van der Waals surface area (Å²) >= 11 is 1.75. The lowest BCUT2D eigenvalue weighted by molar-refractivity contribution is 0.270. The van der Waals surface area contributed by atoms with Gasteiger partial charge in [-0.05, 0) is 26.0 Å². The lowest BCUT2D eigenvalue weighted by Crippen LogP contribution is -2.42. The molecule has 0 aliphatic heterocycles. The maximum atomic E-state index is 9.11. The van der Waals surface area contributed by atoms with Crippen molar-refractivity contribution in [1.82, 2.24) is 5.32 Å². The summed E-state index contributed by atoms with van der Waals surface area (Å²) in [7, 11) is 0. The summed E-state index contributed by atoms with van der Waals surface area (Å²) < 4.78 is 0. The van der Waals surface area contributed by atoms with Crippen LogP contribution in [0, 0.1) is 0 Å². The molecule has 2 atom stereocenters. The second-order valence-electron chi connectivity index (χ2n) is 3.89. The van der Waals surface area contributed by atoms with Crippen molar-refractivity contribution < 1.29 is 5.11 Å². The van der Waals surface area contributed by atoms with Gasteiger partial charge in [0.1, 0.15) is 0 Å². The van der Waals surface area contributed by atoms with Crippen LogP contribution in [-0.4, -0.2) is 35.3 Å². The Bertz CT molecular complexity index is 133. The molecule has 0 aromatic heterocycles. The van der Waals surface area contributed by atoms with E-state index in [2.05, 4.69) is 18.5 Å². The molecule has 1 rings (SSSR count). The normalized spacial score (nSPS) is 23.3. The molecule has 0 bridgehead atoms. The van der Waals surface area contributed by atoms with Gasteiger partial charge in [-0.2, -0.15) is 11.8 Å². The van der Waals surface area contributed by atoms with Gasteiger partial charge in [0, 0.05) is 17.3 Å². The third kappa shape index (κ3) is 3.49. The molecule has 2 N–H and O–H groups in total. The van der Waals surface area contributed by atoms with Crippen molar-refractivity contribution in [1.29, 1.82) is 0 Å². The Morgan fingerprint density at radius 3 is 2.54 bits per heavy atom. The molecule has 2 nitrogen and oxygen atoms in total. The van der Waals surface area contributed by atoms with Crippen molar-refractivity contribution in [3.63, 3.8) is 0 Å². The van der Waals surface area contributed by atoms with Crippen molar-refractivity contribution in [3.8, 4) is 0 Å². The quantitative estimate of drug-likeness (QED) is 0.712. The lowest BCUT2D eigenvalue weighted by atomic mass is 10.2. The van der Waals surface area contributed by atoms with Crippen LogP contribution in [0.5, 0.6) is 0 Å². The minimum Gasteiger partial charge on any atom is -0.395 e. The fourth-order valence-corrected chi connectivity index (χ4v) is 2.64. The van der Waals surface area contributed by atoms with E-state index in [4.69, 9.17) is 5.11 Å². The number of nitrogens with one attached hydrogen (secondary N) is 1. The van der Waals surface area contributed by atoms with Gasteiger partial charge in [-0.1, -0.05) is 12.8 Å². The van der Waals surface area contributed by atoms with Gasteiger partial charge in [0.15, 0.2) is 0 Å². The zero-order chi connectivity index (χ0) is 9.68. The topological polar surface area (TPSA) is 32.3 Å². The lowest BCUT2D eigenvalue weighted by Gasteiger charge is -2.24. The smallest absolute Gasteiger partial charge is 0.0564 e. The molecule has 3 heteroatoms. The fraction of sp³-hybridized carbons (Fsp3) is 1.00. The number of aliphatic hydroxyl groups is 1. The predicted octanol–water partition coefficient (Wildman–Crippen LogP) is 1.63. The molecule has 13 heavy (non-hydrogen) atoms. The number of aliphatic hydroxyl groups excluding tert-OH is 1. The Morgan fingerprint density at radius 2 is 2.08 bits per heavy atom. The minimum absolute atomic E-state index is 0.280. The van der Waals surface area contributed by atoms with E-state index in [0.717, 1.165) is 0 Å². The molecule has 0 amide bonds. The third-order valence-electron chi connectivity index (χ3n) is 2.89. The Hall–Kier alpha value is 0.270. The molecule has 0 aromatic rings. The highest BCUT2D eigenvalue weighted by Crippen LogP contribution is 2.20. The molecule has 78 valence electrons. The average Bonchev–Trinajstić information content (AvgIpc) is 2.59. The molecule has 0 heterocycles. The van der Waals surface area contributed by atoms with Crippen LogP contribution in [0.25, 0.3) is 0 Å². The van der Waals surface area contributed by atoms with Crippen LogP contribution in [0.3, 0.4) is 0 Å². The number of hydrogen-bond donors (Lipinski definition) is 2.